The van der Waals surface area contributed by atoms with Gasteiger partial charge in [-0.1, -0.05) is 18.2 Å². The van der Waals surface area contributed by atoms with Crippen molar-refractivity contribution in [2.45, 2.75) is 33.4 Å². The number of aryl methyl sites for hydroxylation is 2. The zero-order valence-electron chi connectivity index (χ0n) is 15.9. The standard InChI is InChI=1S/C19H23N5O2S/c1-12(17-13(2)27-14(3)22-17)23(4)19(26)20-9-10-24-18(25)16-8-6-5-7-15(16)11-21-24/h5-8,11-12H,9-10H2,1-4H3,(H,20,26)/t12-/m1/s1. The van der Waals surface area contributed by atoms with E-state index in [1.165, 1.54) is 4.68 Å². The number of carbonyl (C=O) groups excluding carboxylic acids is 1. The number of urea groups is 1. The summed E-state index contributed by atoms with van der Waals surface area (Å²) in [5.41, 5.74) is 0.764. The summed E-state index contributed by atoms with van der Waals surface area (Å²) in [4.78, 5) is 32.2. The quantitative estimate of drug-likeness (QED) is 0.732. The van der Waals surface area contributed by atoms with E-state index in [0.29, 0.717) is 18.5 Å². The second-order valence-corrected chi connectivity index (χ2v) is 7.86. The Hall–Kier alpha value is -2.74. The Labute approximate surface area is 161 Å². The molecule has 0 aliphatic heterocycles. The van der Waals surface area contributed by atoms with E-state index in [9.17, 15) is 9.59 Å². The van der Waals surface area contributed by atoms with Crippen LogP contribution in [0.2, 0.25) is 0 Å². The fourth-order valence-corrected chi connectivity index (χ4v) is 3.88. The highest BCUT2D eigenvalue weighted by atomic mass is 32.1. The van der Waals surface area contributed by atoms with Crippen LogP contribution in [0.3, 0.4) is 0 Å². The minimum absolute atomic E-state index is 0.128. The molecule has 0 fully saturated rings. The molecule has 0 aliphatic carbocycles. The Morgan fingerprint density at radius 2 is 2.07 bits per heavy atom. The van der Waals surface area contributed by atoms with Gasteiger partial charge in [0.05, 0.1) is 34.9 Å². The van der Waals surface area contributed by atoms with E-state index in [1.807, 2.05) is 39.0 Å². The summed E-state index contributed by atoms with van der Waals surface area (Å²) in [6.45, 7) is 6.56. The zero-order chi connectivity index (χ0) is 19.6. The Kier molecular flexibility index (Phi) is 5.55. The average molecular weight is 385 g/mol. The predicted octanol–water partition coefficient (Wildman–Crippen LogP) is 2.87. The van der Waals surface area contributed by atoms with Gasteiger partial charge in [-0.25, -0.2) is 14.5 Å². The summed E-state index contributed by atoms with van der Waals surface area (Å²) in [6, 6.07) is 7.00. The van der Waals surface area contributed by atoms with Crippen LogP contribution in [0, 0.1) is 13.8 Å². The first-order valence-corrected chi connectivity index (χ1v) is 9.59. The number of rotatable bonds is 5. The molecule has 0 saturated carbocycles. The summed E-state index contributed by atoms with van der Waals surface area (Å²) in [7, 11) is 1.74. The SMILES string of the molecule is Cc1nc([C@@H](C)N(C)C(=O)NCCn2ncc3ccccc3c2=O)c(C)s1. The van der Waals surface area contributed by atoms with Crippen molar-refractivity contribution >= 4 is 28.1 Å². The molecule has 2 amide bonds. The molecule has 0 radical (unpaired) electrons. The Morgan fingerprint density at radius 3 is 2.78 bits per heavy atom. The van der Waals surface area contributed by atoms with Crippen LogP contribution in [0.1, 0.15) is 28.5 Å². The highest BCUT2D eigenvalue weighted by Crippen LogP contribution is 2.25. The third kappa shape index (κ3) is 4.00. The molecule has 27 heavy (non-hydrogen) atoms. The van der Waals surface area contributed by atoms with Crippen LogP contribution in [-0.4, -0.2) is 39.3 Å². The topological polar surface area (TPSA) is 80.1 Å². The number of aromatic nitrogens is 3. The van der Waals surface area contributed by atoms with Crippen LogP contribution in [0.4, 0.5) is 4.79 Å². The van der Waals surface area contributed by atoms with Crippen LogP contribution >= 0.6 is 11.3 Å². The Balaban J connectivity index is 1.62. The number of amides is 2. The van der Waals surface area contributed by atoms with E-state index in [4.69, 9.17) is 0 Å². The molecule has 8 heteroatoms. The van der Waals surface area contributed by atoms with Gasteiger partial charge in [0.1, 0.15) is 0 Å². The Morgan fingerprint density at radius 1 is 1.33 bits per heavy atom. The largest absolute Gasteiger partial charge is 0.336 e. The molecule has 0 bridgehead atoms. The van der Waals surface area contributed by atoms with Gasteiger partial charge in [0.2, 0.25) is 0 Å². The molecular formula is C19H23N5O2S. The fraction of sp³-hybridized carbons (Fsp3) is 0.368. The number of benzene rings is 1. The first kappa shape index (κ1) is 19.0. The van der Waals surface area contributed by atoms with E-state index in [0.717, 1.165) is 21.0 Å². The van der Waals surface area contributed by atoms with Crippen molar-refractivity contribution in [2.24, 2.45) is 0 Å². The maximum atomic E-state index is 12.4. The second-order valence-electron chi connectivity index (χ2n) is 6.45. The predicted molar refractivity (Wildman–Crippen MR) is 107 cm³/mol. The molecular weight excluding hydrogens is 362 g/mol. The van der Waals surface area contributed by atoms with Crippen molar-refractivity contribution in [3.05, 3.63) is 56.4 Å². The van der Waals surface area contributed by atoms with Crippen LogP contribution < -0.4 is 10.9 Å². The average Bonchev–Trinajstić information content (AvgIpc) is 3.00. The lowest BCUT2D eigenvalue weighted by Gasteiger charge is -2.24. The van der Waals surface area contributed by atoms with Gasteiger partial charge in [0, 0.05) is 23.9 Å². The summed E-state index contributed by atoms with van der Waals surface area (Å²) < 4.78 is 1.37. The monoisotopic (exact) mass is 385 g/mol. The molecule has 2 aromatic heterocycles. The van der Waals surface area contributed by atoms with Crippen molar-refractivity contribution < 1.29 is 4.79 Å². The number of nitrogens with zero attached hydrogens (tertiary/aromatic N) is 4. The lowest BCUT2D eigenvalue weighted by Crippen LogP contribution is -2.41. The molecule has 2 heterocycles. The van der Waals surface area contributed by atoms with Crippen molar-refractivity contribution in [1.29, 1.82) is 0 Å². The molecule has 0 aliphatic rings. The zero-order valence-corrected chi connectivity index (χ0v) is 16.7. The number of thiazole rings is 1. The van der Waals surface area contributed by atoms with E-state index in [-0.39, 0.29) is 17.6 Å². The molecule has 3 rings (SSSR count). The number of fused-ring (bicyclic) bond motifs is 1. The molecule has 1 atom stereocenters. The minimum Gasteiger partial charge on any atom is -0.336 e. The lowest BCUT2D eigenvalue weighted by atomic mass is 10.2. The van der Waals surface area contributed by atoms with Gasteiger partial charge in [-0.15, -0.1) is 11.3 Å². The molecule has 142 valence electrons. The summed E-state index contributed by atoms with van der Waals surface area (Å²) in [5, 5.41) is 9.45. The normalized spacial score (nSPS) is 12.1. The summed E-state index contributed by atoms with van der Waals surface area (Å²) >= 11 is 1.63. The molecule has 0 saturated heterocycles. The van der Waals surface area contributed by atoms with E-state index < -0.39 is 0 Å². The molecule has 1 N–H and O–H groups in total. The van der Waals surface area contributed by atoms with Gasteiger partial charge < -0.3 is 10.2 Å². The van der Waals surface area contributed by atoms with E-state index in [1.54, 1.807) is 35.5 Å². The van der Waals surface area contributed by atoms with Gasteiger partial charge in [-0.05, 0) is 26.8 Å². The summed E-state index contributed by atoms with van der Waals surface area (Å²) in [5.74, 6) is 0. The van der Waals surface area contributed by atoms with E-state index >= 15 is 0 Å². The Bertz CT molecular complexity index is 1030. The van der Waals surface area contributed by atoms with Crippen molar-refractivity contribution in [3.8, 4) is 0 Å². The molecule has 7 nitrogen and oxygen atoms in total. The van der Waals surface area contributed by atoms with Crippen molar-refractivity contribution in [1.82, 2.24) is 25.0 Å². The first-order chi connectivity index (χ1) is 12.9. The maximum Gasteiger partial charge on any atom is 0.317 e. The lowest BCUT2D eigenvalue weighted by molar-refractivity contribution is 0.193. The smallest absolute Gasteiger partial charge is 0.317 e. The third-order valence-corrected chi connectivity index (χ3v) is 5.50. The highest BCUT2D eigenvalue weighted by Gasteiger charge is 2.21. The number of hydrogen-bond donors (Lipinski definition) is 1. The maximum absolute atomic E-state index is 12.4. The number of carbonyl (C=O) groups is 1. The third-order valence-electron chi connectivity index (χ3n) is 4.60. The van der Waals surface area contributed by atoms with E-state index in [2.05, 4.69) is 15.4 Å². The fourth-order valence-electron chi connectivity index (χ4n) is 2.97. The number of hydrogen-bond acceptors (Lipinski definition) is 5. The van der Waals surface area contributed by atoms with Crippen LogP contribution in [-0.2, 0) is 6.54 Å². The van der Waals surface area contributed by atoms with Gasteiger partial charge in [-0.2, -0.15) is 5.10 Å². The van der Waals surface area contributed by atoms with Gasteiger partial charge in [-0.3, -0.25) is 4.79 Å². The molecule has 3 aromatic rings. The first-order valence-electron chi connectivity index (χ1n) is 8.78. The summed E-state index contributed by atoms with van der Waals surface area (Å²) in [6.07, 6.45) is 1.67. The van der Waals surface area contributed by atoms with Gasteiger partial charge in [0.15, 0.2) is 0 Å². The van der Waals surface area contributed by atoms with Crippen LogP contribution in [0.15, 0.2) is 35.3 Å². The van der Waals surface area contributed by atoms with Gasteiger partial charge in [0.25, 0.3) is 5.56 Å². The molecule has 1 aromatic carbocycles. The highest BCUT2D eigenvalue weighted by molar-refractivity contribution is 7.11. The van der Waals surface area contributed by atoms with Crippen LogP contribution in [0.25, 0.3) is 10.8 Å². The van der Waals surface area contributed by atoms with Crippen molar-refractivity contribution in [3.63, 3.8) is 0 Å². The van der Waals surface area contributed by atoms with Gasteiger partial charge >= 0.3 is 6.03 Å². The molecule has 0 unspecified atom stereocenters. The molecule has 0 spiro atoms. The number of nitrogens with one attached hydrogen (secondary N) is 1. The van der Waals surface area contributed by atoms with Crippen molar-refractivity contribution in [2.75, 3.05) is 13.6 Å². The second kappa shape index (κ2) is 7.87. The van der Waals surface area contributed by atoms with Crippen LogP contribution in [0.5, 0.6) is 0 Å². The minimum atomic E-state index is -0.207.